The quantitative estimate of drug-likeness (QED) is 0.282. The maximum atomic E-state index is 11.0. The van der Waals surface area contributed by atoms with Crippen molar-refractivity contribution in [2.75, 3.05) is 26.2 Å². The molecule has 4 N–H and O–H groups in total. The lowest BCUT2D eigenvalue weighted by molar-refractivity contribution is -0.125. The minimum absolute atomic E-state index is 0.116. The van der Waals surface area contributed by atoms with Crippen LogP contribution in [0.5, 0.6) is 0 Å². The first-order valence-corrected chi connectivity index (χ1v) is 4.49. The van der Waals surface area contributed by atoms with E-state index in [-0.39, 0.29) is 18.4 Å². The first kappa shape index (κ1) is 12.3. The van der Waals surface area contributed by atoms with Crippen LogP contribution in [0.4, 0.5) is 0 Å². The molecule has 1 amide bonds. The van der Waals surface area contributed by atoms with Gasteiger partial charge in [-0.15, -0.1) is 0 Å². The zero-order valence-electron chi connectivity index (χ0n) is 8.29. The van der Waals surface area contributed by atoms with Crippen LogP contribution in [-0.4, -0.2) is 42.2 Å². The topological polar surface area (TPSA) is 78.6 Å². The van der Waals surface area contributed by atoms with Gasteiger partial charge in [0.25, 0.3) is 0 Å². The molecule has 0 saturated heterocycles. The van der Waals surface area contributed by atoms with Gasteiger partial charge < -0.3 is 10.0 Å². The van der Waals surface area contributed by atoms with Crippen LogP contribution in [0.1, 0.15) is 13.8 Å². The minimum Gasteiger partial charge on any atom is -0.395 e. The van der Waals surface area contributed by atoms with Gasteiger partial charge >= 0.3 is 0 Å². The lowest BCUT2D eigenvalue weighted by atomic mass is 10.1. The predicted molar refractivity (Wildman–Crippen MR) is 50.7 cm³/mol. The molecule has 5 heteroatoms. The Hall–Kier alpha value is -0.650. The molecule has 0 saturated carbocycles. The summed E-state index contributed by atoms with van der Waals surface area (Å²) in [6.45, 7) is 5.96. The fourth-order valence-electron chi connectivity index (χ4n) is 1.13. The average Bonchev–Trinajstić information content (AvgIpc) is 2.15. The van der Waals surface area contributed by atoms with Crippen LogP contribution in [-0.2, 0) is 4.79 Å². The molecule has 5 nitrogen and oxygen atoms in total. The molecular weight excluding hydrogens is 170 g/mol. The molecule has 78 valence electrons. The maximum absolute atomic E-state index is 11.0. The van der Waals surface area contributed by atoms with E-state index in [2.05, 4.69) is 5.43 Å². The van der Waals surface area contributed by atoms with Crippen molar-refractivity contribution >= 4 is 5.91 Å². The molecule has 0 rings (SSSR count). The van der Waals surface area contributed by atoms with E-state index in [4.69, 9.17) is 10.9 Å². The number of nitrogens with one attached hydrogen (secondary N) is 1. The smallest absolute Gasteiger partial charge is 0.237 e. The highest BCUT2D eigenvalue weighted by Gasteiger charge is 2.14. The Bertz CT molecular complexity index is 152. The van der Waals surface area contributed by atoms with Crippen LogP contribution in [0.25, 0.3) is 0 Å². The number of hydrazine groups is 1. The summed E-state index contributed by atoms with van der Waals surface area (Å²) >= 11 is 0. The van der Waals surface area contributed by atoms with Crippen molar-refractivity contribution in [2.24, 2.45) is 11.8 Å². The Morgan fingerprint density at radius 3 is 2.69 bits per heavy atom. The van der Waals surface area contributed by atoms with Crippen molar-refractivity contribution in [2.45, 2.75) is 13.8 Å². The molecule has 0 aliphatic rings. The molecule has 0 heterocycles. The third-order valence-corrected chi connectivity index (χ3v) is 1.99. The fourth-order valence-corrected chi connectivity index (χ4v) is 1.13. The first-order chi connectivity index (χ1) is 6.15. The van der Waals surface area contributed by atoms with Crippen molar-refractivity contribution in [3.8, 4) is 0 Å². The molecular formula is C8H19N3O2. The fraction of sp³-hybridized carbons (Fsp3) is 0.875. The molecule has 0 fully saturated rings. The molecule has 13 heavy (non-hydrogen) atoms. The van der Waals surface area contributed by atoms with Crippen molar-refractivity contribution in [3.63, 3.8) is 0 Å². The van der Waals surface area contributed by atoms with Gasteiger partial charge in [-0.3, -0.25) is 10.2 Å². The van der Waals surface area contributed by atoms with Crippen molar-refractivity contribution < 1.29 is 9.90 Å². The van der Waals surface area contributed by atoms with Crippen molar-refractivity contribution in [1.29, 1.82) is 0 Å². The average molecular weight is 189 g/mol. The van der Waals surface area contributed by atoms with Gasteiger partial charge in [0, 0.05) is 19.0 Å². The number of hydrogen-bond acceptors (Lipinski definition) is 4. The summed E-state index contributed by atoms with van der Waals surface area (Å²) in [4.78, 5) is 13.0. The zero-order chi connectivity index (χ0) is 10.3. The normalized spacial score (nSPS) is 13.0. The molecule has 0 aromatic rings. The Balaban J connectivity index is 3.85. The Kier molecular flexibility index (Phi) is 6.48. The number of carbonyl (C=O) groups excluding carboxylic acids is 1. The van der Waals surface area contributed by atoms with Gasteiger partial charge in [-0.25, -0.2) is 5.84 Å². The summed E-state index contributed by atoms with van der Waals surface area (Å²) in [6, 6.07) is 0. The van der Waals surface area contributed by atoms with E-state index in [1.807, 2.05) is 18.7 Å². The highest BCUT2D eigenvalue weighted by atomic mass is 16.3. The van der Waals surface area contributed by atoms with Gasteiger partial charge in [0.2, 0.25) is 5.91 Å². The second-order valence-electron chi connectivity index (χ2n) is 3.03. The SMILES string of the molecule is CCN(CCO)CC(C)C(=O)NN. The van der Waals surface area contributed by atoms with Gasteiger partial charge in [0.05, 0.1) is 6.61 Å². The number of hydrogen-bond donors (Lipinski definition) is 3. The molecule has 1 unspecified atom stereocenters. The summed E-state index contributed by atoms with van der Waals surface area (Å²) in [7, 11) is 0. The van der Waals surface area contributed by atoms with Gasteiger partial charge in [0.1, 0.15) is 0 Å². The largest absolute Gasteiger partial charge is 0.395 e. The number of amides is 1. The number of aliphatic hydroxyl groups excluding tert-OH is 1. The van der Waals surface area contributed by atoms with Crippen LogP contribution in [0, 0.1) is 5.92 Å². The van der Waals surface area contributed by atoms with Crippen molar-refractivity contribution in [1.82, 2.24) is 10.3 Å². The van der Waals surface area contributed by atoms with Gasteiger partial charge in [0.15, 0.2) is 0 Å². The van der Waals surface area contributed by atoms with Crippen LogP contribution in [0.3, 0.4) is 0 Å². The number of carbonyl (C=O) groups is 1. The van der Waals surface area contributed by atoms with Crippen LogP contribution in [0.2, 0.25) is 0 Å². The number of likely N-dealkylation sites (N-methyl/N-ethyl adjacent to an activating group) is 1. The first-order valence-electron chi connectivity index (χ1n) is 4.49. The second kappa shape index (κ2) is 6.82. The van der Waals surface area contributed by atoms with E-state index >= 15 is 0 Å². The lowest BCUT2D eigenvalue weighted by Crippen LogP contribution is -2.41. The molecule has 0 aliphatic heterocycles. The highest BCUT2D eigenvalue weighted by Crippen LogP contribution is 1.98. The highest BCUT2D eigenvalue weighted by molar-refractivity contribution is 5.77. The molecule has 0 aliphatic carbocycles. The standard InChI is InChI=1S/C8H19N3O2/c1-3-11(4-5-12)6-7(2)8(13)10-9/h7,12H,3-6,9H2,1-2H3,(H,10,13). The molecule has 0 aromatic carbocycles. The summed E-state index contributed by atoms with van der Waals surface area (Å²) < 4.78 is 0. The molecule has 0 spiro atoms. The van der Waals surface area contributed by atoms with E-state index in [1.54, 1.807) is 0 Å². The zero-order valence-corrected chi connectivity index (χ0v) is 8.29. The second-order valence-corrected chi connectivity index (χ2v) is 3.03. The van der Waals surface area contributed by atoms with E-state index in [1.165, 1.54) is 0 Å². The van der Waals surface area contributed by atoms with Crippen LogP contribution >= 0.6 is 0 Å². The summed E-state index contributed by atoms with van der Waals surface area (Å²) in [6.07, 6.45) is 0. The Morgan fingerprint density at radius 1 is 1.69 bits per heavy atom. The monoisotopic (exact) mass is 189 g/mol. The molecule has 1 atom stereocenters. The van der Waals surface area contributed by atoms with Gasteiger partial charge in [-0.1, -0.05) is 13.8 Å². The number of aliphatic hydroxyl groups is 1. The predicted octanol–water partition coefficient (Wildman–Crippen LogP) is -1.07. The van der Waals surface area contributed by atoms with E-state index in [0.29, 0.717) is 13.1 Å². The Labute approximate surface area is 78.9 Å². The van der Waals surface area contributed by atoms with Crippen LogP contribution in [0.15, 0.2) is 0 Å². The van der Waals surface area contributed by atoms with Crippen LogP contribution < -0.4 is 11.3 Å². The van der Waals surface area contributed by atoms with E-state index < -0.39 is 0 Å². The van der Waals surface area contributed by atoms with E-state index in [9.17, 15) is 4.79 Å². The number of nitrogens with zero attached hydrogens (tertiary/aromatic N) is 1. The lowest BCUT2D eigenvalue weighted by Gasteiger charge is -2.22. The summed E-state index contributed by atoms with van der Waals surface area (Å²) in [5.74, 6) is 4.68. The third kappa shape index (κ3) is 4.82. The molecule has 0 bridgehead atoms. The van der Waals surface area contributed by atoms with Crippen molar-refractivity contribution in [3.05, 3.63) is 0 Å². The number of rotatable bonds is 6. The third-order valence-electron chi connectivity index (χ3n) is 1.99. The van der Waals surface area contributed by atoms with Gasteiger partial charge in [-0.2, -0.15) is 0 Å². The van der Waals surface area contributed by atoms with E-state index in [0.717, 1.165) is 6.54 Å². The number of nitrogens with two attached hydrogens (primary N) is 1. The Morgan fingerprint density at radius 2 is 2.31 bits per heavy atom. The summed E-state index contributed by atoms with van der Waals surface area (Å²) in [5, 5.41) is 8.71. The molecule has 0 aromatic heterocycles. The summed E-state index contributed by atoms with van der Waals surface area (Å²) in [5.41, 5.74) is 2.11. The van der Waals surface area contributed by atoms with Gasteiger partial charge in [-0.05, 0) is 6.54 Å². The molecule has 0 radical (unpaired) electrons. The maximum Gasteiger partial charge on any atom is 0.237 e. The minimum atomic E-state index is -0.170.